The molecule has 1 aliphatic heterocycles. The number of anilines is 2. The quantitative estimate of drug-likeness (QED) is 0.416. The van der Waals surface area contributed by atoms with Crippen LogP contribution in [0, 0.1) is 0 Å². The van der Waals surface area contributed by atoms with Gasteiger partial charge in [-0.25, -0.2) is 14.6 Å². The van der Waals surface area contributed by atoms with Gasteiger partial charge in [0.05, 0.1) is 29.5 Å². The van der Waals surface area contributed by atoms with Crippen molar-refractivity contribution in [1.29, 1.82) is 0 Å². The van der Waals surface area contributed by atoms with Crippen LogP contribution in [0.4, 0.5) is 11.6 Å². The summed E-state index contributed by atoms with van der Waals surface area (Å²) in [4.78, 5) is 35.6. The molecule has 1 amide bonds. The summed E-state index contributed by atoms with van der Waals surface area (Å²) >= 11 is 0. The maximum atomic E-state index is 13.4. The smallest absolute Gasteiger partial charge is 0.250 e. The third-order valence-corrected chi connectivity index (χ3v) is 6.49. The molecule has 178 valence electrons. The minimum absolute atomic E-state index is 0.0158. The minimum atomic E-state index is -0.237. The number of fused-ring (bicyclic) bond motifs is 1. The van der Waals surface area contributed by atoms with Crippen molar-refractivity contribution in [2.45, 2.75) is 18.5 Å². The molecule has 1 saturated heterocycles. The number of amides is 1. The van der Waals surface area contributed by atoms with Crippen molar-refractivity contribution < 1.29 is 4.79 Å². The summed E-state index contributed by atoms with van der Waals surface area (Å²) < 4.78 is 3.31. The van der Waals surface area contributed by atoms with Gasteiger partial charge in [-0.3, -0.25) is 9.59 Å². The Bertz CT molecular complexity index is 1610. The van der Waals surface area contributed by atoms with Gasteiger partial charge in [0.25, 0.3) is 0 Å². The van der Waals surface area contributed by atoms with Crippen molar-refractivity contribution in [3.05, 3.63) is 107 Å². The number of nitrogens with zero attached hydrogens (tertiary/aromatic N) is 6. The van der Waals surface area contributed by atoms with E-state index in [9.17, 15) is 9.59 Å². The standard InChI is InChI=1S/C27H23N7O2/c1-32-17-21(9-11-24(32)35)34-23-10-8-20(14-19(23)16-30-34)33-25(36)15-22(31-27-28-12-5-13-29-27)26(33)18-6-3-2-4-7-18/h2-14,16-17,22,26H,15H2,1H3,(H,28,29,31)/t22?,26-/m1/s1. The molecule has 1 unspecified atom stereocenters. The number of carbonyl (C=O) groups is 1. The van der Waals surface area contributed by atoms with E-state index in [0.29, 0.717) is 12.4 Å². The summed E-state index contributed by atoms with van der Waals surface area (Å²) in [6.07, 6.45) is 7.19. The van der Waals surface area contributed by atoms with Crippen LogP contribution >= 0.6 is 0 Å². The van der Waals surface area contributed by atoms with E-state index < -0.39 is 0 Å². The first-order valence-corrected chi connectivity index (χ1v) is 11.6. The zero-order valence-corrected chi connectivity index (χ0v) is 19.5. The van der Waals surface area contributed by atoms with Gasteiger partial charge in [0.15, 0.2) is 0 Å². The number of benzene rings is 2. The Kier molecular flexibility index (Phi) is 5.29. The van der Waals surface area contributed by atoms with E-state index in [1.165, 1.54) is 10.6 Å². The van der Waals surface area contributed by atoms with E-state index in [1.54, 1.807) is 48.6 Å². The van der Waals surface area contributed by atoms with Crippen LogP contribution < -0.4 is 15.8 Å². The molecule has 36 heavy (non-hydrogen) atoms. The number of hydrogen-bond donors (Lipinski definition) is 1. The van der Waals surface area contributed by atoms with Crippen molar-refractivity contribution in [2.24, 2.45) is 7.05 Å². The van der Waals surface area contributed by atoms with Crippen LogP contribution in [-0.4, -0.2) is 36.3 Å². The summed E-state index contributed by atoms with van der Waals surface area (Å²) in [5.74, 6) is 0.508. The Morgan fingerprint density at radius 3 is 2.47 bits per heavy atom. The average molecular weight is 478 g/mol. The second kappa shape index (κ2) is 8.77. The SMILES string of the molecule is Cn1cc(-n2ncc3cc(N4C(=O)CC(Nc5ncccn5)[C@H]4c4ccccc4)ccc32)ccc1=O. The van der Waals surface area contributed by atoms with Gasteiger partial charge in [0, 0.05) is 49.2 Å². The number of rotatable bonds is 5. The molecule has 5 aromatic rings. The second-order valence-electron chi connectivity index (χ2n) is 8.78. The van der Waals surface area contributed by atoms with Crippen molar-refractivity contribution in [1.82, 2.24) is 24.3 Å². The highest BCUT2D eigenvalue weighted by Crippen LogP contribution is 2.39. The molecule has 0 aliphatic carbocycles. The Hall–Kier alpha value is -4.79. The van der Waals surface area contributed by atoms with E-state index in [1.807, 2.05) is 53.4 Å². The van der Waals surface area contributed by atoms with Crippen LogP contribution in [0.1, 0.15) is 18.0 Å². The predicted molar refractivity (Wildman–Crippen MR) is 137 cm³/mol. The third-order valence-electron chi connectivity index (χ3n) is 6.49. The number of carbonyl (C=O) groups excluding carboxylic acids is 1. The normalized spacial score (nSPS) is 17.6. The van der Waals surface area contributed by atoms with Crippen LogP contribution in [0.2, 0.25) is 0 Å². The number of aryl methyl sites for hydroxylation is 1. The van der Waals surface area contributed by atoms with E-state index in [0.717, 1.165) is 27.8 Å². The van der Waals surface area contributed by atoms with Gasteiger partial charge in [0.1, 0.15) is 0 Å². The summed E-state index contributed by atoms with van der Waals surface area (Å²) in [6, 6.07) is 20.5. The zero-order chi connectivity index (χ0) is 24.6. The maximum Gasteiger partial charge on any atom is 0.250 e. The van der Waals surface area contributed by atoms with E-state index in [-0.39, 0.29) is 23.6 Å². The first kappa shape index (κ1) is 21.7. The van der Waals surface area contributed by atoms with Gasteiger partial charge < -0.3 is 14.8 Å². The van der Waals surface area contributed by atoms with Crippen LogP contribution in [0.5, 0.6) is 0 Å². The fraction of sp³-hybridized carbons (Fsp3) is 0.148. The molecule has 9 nitrogen and oxygen atoms in total. The minimum Gasteiger partial charge on any atom is -0.349 e. The summed E-state index contributed by atoms with van der Waals surface area (Å²) in [5.41, 5.74) is 3.40. The monoisotopic (exact) mass is 477 g/mol. The van der Waals surface area contributed by atoms with Gasteiger partial charge in [-0.05, 0) is 35.9 Å². The first-order valence-electron chi connectivity index (χ1n) is 11.6. The van der Waals surface area contributed by atoms with Gasteiger partial charge in [-0.15, -0.1) is 0 Å². The molecular formula is C27H23N7O2. The summed E-state index contributed by atoms with van der Waals surface area (Å²) in [5, 5.41) is 8.80. The molecule has 9 heteroatoms. The number of aromatic nitrogens is 5. The molecule has 1 fully saturated rings. The summed E-state index contributed by atoms with van der Waals surface area (Å²) in [7, 11) is 1.71. The topological polar surface area (TPSA) is 97.9 Å². The van der Waals surface area contributed by atoms with Crippen molar-refractivity contribution in [2.75, 3.05) is 10.2 Å². The second-order valence-corrected chi connectivity index (χ2v) is 8.78. The molecule has 6 rings (SSSR count). The molecule has 1 N–H and O–H groups in total. The Morgan fingerprint density at radius 2 is 1.69 bits per heavy atom. The molecule has 0 radical (unpaired) electrons. The number of nitrogens with one attached hydrogen (secondary N) is 1. The third kappa shape index (κ3) is 3.80. The van der Waals surface area contributed by atoms with E-state index in [2.05, 4.69) is 20.4 Å². The predicted octanol–water partition coefficient (Wildman–Crippen LogP) is 3.47. The number of pyridine rings is 1. The Labute approximate surface area is 206 Å². The fourth-order valence-electron chi connectivity index (χ4n) is 4.82. The molecule has 0 saturated carbocycles. The van der Waals surface area contributed by atoms with Crippen molar-refractivity contribution in [3.8, 4) is 5.69 Å². The molecule has 2 aromatic carbocycles. The van der Waals surface area contributed by atoms with Crippen LogP contribution in [0.25, 0.3) is 16.6 Å². The fourth-order valence-corrected chi connectivity index (χ4v) is 4.82. The lowest BCUT2D eigenvalue weighted by molar-refractivity contribution is -0.117. The molecule has 0 spiro atoms. The number of hydrogen-bond acceptors (Lipinski definition) is 6. The van der Waals surface area contributed by atoms with Gasteiger partial charge in [-0.2, -0.15) is 5.10 Å². The molecular weight excluding hydrogens is 454 g/mol. The Morgan fingerprint density at radius 1 is 0.917 bits per heavy atom. The first-order chi connectivity index (χ1) is 17.6. The molecule has 1 aliphatic rings. The molecule has 4 heterocycles. The Balaban J connectivity index is 1.40. The lowest BCUT2D eigenvalue weighted by Gasteiger charge is -2.29. The molecule has 2 atom stereocenters. The highest BCUT2D eigenvalue weighted by Gasteiger charge is 2.42. The van der Waals surface area contributed by atoms with E-state index >= 15 is 0 Å². The largest absolute Gasteiger partial charge is 0.349 e. The lowest BCUT2D eigenvalue weighted by Crippen LogP contribution is -2.33. The summed E-state index contributed by atoms with van der Waals surface area (Å²) in [6.45, 7) is 0. The van der Waals surface area contributed by atoms with Crippen molar-refractivity contribution >= 4 is 28.4 Å². The lowest BCUT2D eigenvalue weighted by atomic mass is 9.99. The van der Waals surface area contributed by atoms with Crippen LogP contribution in [-0.2, 0) is 11.8 Å². The van der Waals surface area contributed by atoms with Gasteiger partial charge >= 0.3 is 0 Å². The molecule has 3 aromatic heterocycles. The van der Waals surface area contributed by atoms with Gasteiger partial charge in [-0.1, -0.05) is 30.3 Å². The average Bonchev–Trinajstić information content (AvgIpc) is 3.47. The highest BCUT2D eigenvalue weighted by molar-refractivity contribution is 5.99. The zero-order valence-electron chi connectivity index (χ0n) is 19.5. The van der Waals surface area contributed by atoms with Crippen LogP contribution in [0.3, 0.4) is 0 Å². The van der Waals surface area contributed by atoms with Gasteiger partial charge in [0.2, 0.25) is 17.4 Å². The molecule has 0 bridgehead atoms. The van der Waals surface area contributed by atoms with Crippen LogP contribution in [0.15, 0.2) is 96.3 Å². The van der Waals surface area contributed by atoms with Crippen molar-refractivity contribution in [3.63, 3.8) is 0 Å². The highest BCUT2D eigenvalue weighted by atomic mass is 16.2. The maximum absolute atomic E-state index is 13.4. The van der Waals surface area contributed by atoms with E-state index in [4.69, 9.17) is 0 Å².